The number of carbonyl (C=O) groups is 1. The van der Waals surface area contributed by atoms with Crippen molar-refractivity contribution in [2.45, 2.75) is 18.9 Å². The zero-order valence-electron chi connectivity index (χ0n) is 9.44. The van der Waals surface area contributed by atoms with Gasteiger partial charge in [0.15, 0.2) is 0 Å². The summed E-state index contributed by atoms with van der Waals surface area (Å²) in [6.45, 7) is 2.57. The van der Waals surface area contributed by atoms with E-state index < -0.39 is 0 Å². The van der Waals surface area contributed by atoms with Gasteiger partial charge in [-0.15, -0.1) is 0 Å². The first kappa shape index (κ1) is 12.2. The molecule has 0 amide bonds. The van der Waals surface area contributed by atoms with E-state index in [-0.39, 0.29) is 5.97 Å². The van der Waals surface area contributed by atoms with Crippen LogP contribution >= 0.6 is 0 Å². The van der Waals surface area contributed by atoms with Gasteiger partial charge in [0, 0.05) is 32.7 Å². The van der Waals surface area contributed by atoms with Crippen molar-refractivity contribution >= 4 is 5.97 Å². The Hall–Kier alpha value is -0.870. The molecule has 0 unspecified atom stereocenters. The summed E-state index contributed by atoms with van der Waals surface area (Å²) in [5, 5.41) is 0. The van der Waals surface area contributed by atoms with Gasteiger partial charge in [0.05, 0.1) is 13.7 Å². The molecule has 1 aliphatic heterocycles. The molecule has 0 aromatic carbocycles. The molecule has 0 saturated heterocycles. The number of hydrogen-bond donors (Lipinski definition) is 0. The molecule has 1 aliphatic rings. The highest BCUT2D eigenvalue weighted by Gasteiger charge is 2.19. The maximum absolute atomic E-state index is 11.0. The van der Waals surface area contributed by atoms with Crippen molar-refractivity contribution in [3.8, 4) is 0 Å². The number of nitrogens with zero attached hydrogens (tertiary/aromatic N) is 1. The number of rotatable bonds is 6. The molecule has 15 heavy (non-hydrogen) atoms. The van der Waals surface area contributed by atoms with Crippen molar-refractivity contribution < 1.29 is 14.3 Å². The Morgan fingerprint density at radius 1 is 1.40 bits per heavy atom. The molecular weight excluding hydrogens is 194 g/mol. The normalized spacial score (nSPS) is 18.0. The van der Waals surface area contributed by atoms with Gasteiger partial charge in [-0.2, -0.15) is 0 Å². The highest BCUT2D eigenvalue weighted by atomic mass is 16.5. The molecule has 4 heteroatoms. The van der Waals surface area contributed by atoms with E-state index in [4.69, 9.17) is 4.74 Å². The summed E-state index contributed by atoms with van der Waals surface area (Å²) in [7, 11) is 3.11. The van der Waals surface area contributed by atoms with E-state index in [9.17, 15) is 4.79 Å². The topological polar surface area (TPSA) is 38.8 Å². The van der Waals surface area contributed by atoms with Crippen LogP contribution in [0.15, 0.2) is 12.2 Å². The van der Waals surface area contributed by atoms with E-state index in [1.165, 1.54) is 7.11 Å². The molecule has 1 atom stereocenters. The zero-order chi connectivity index (χ0) is 11.1. The Labute approximate surface area is 90.8 Å². The first-order valence-corrected chi connectivity index (χ1v) is 5.22. The van der Waals surface area contributed by atoms with Crippen LogP contribution in [0.25, 0.3) is 0 Å². The van der Waals surface area contributed by atoms with Crippen molar-refractivity contribution in [2.75, 3.05) is 33.9 Å². The Kier molecular flexibility index (Phi) is 5.36. The Bertz CT molecular complexity index is 220. The van der Waals surface area contributed by atoms with Gasteiger partial charge in [0.25, 0.3) is 0 Å². The molecule has 0 saturated carbocycles. The standard InChI is InChI=1S/C11H19NO3/c1-14-9-10(5-6-11(13)15-2)12-7-3-4-8-12/h3-4,10H,5-9H2,1-2H3/t10-/m0/s1. The number of ether oxygens (including phenoxy) is 2. The molecule has 0 aliphatic carbocycles. The summed E-state index contributed by atoms with van der Waals surface area (Å²) >= 11 is 0. The van der Waals surface area contributed by atoms with Crippen molar-refractivity contribution in [1.29, 1.82) is 0 Å². The first-order chi connectivity index (χ1) is 7.27. The van der Waals surface area contributed by atoms with Gasteiger partial charge in [-0.05, 0) is 6.42 Å². The Balaban J connectivity index is 2.32. The van der Waals surface area contributed by atoms with Crippen molar-refractivity contribution in [3.05, 3.63) is 12.2 Å². The molecule has 0 N–H and O–H groups in total. The Morgan fingerprint density at radius 2 is 2.07 bits per heavy atom. The fourth-order valence-corrected chi connectivity index (χ4v) is 1.74. The molecule has 0 aromatic heterocycles. The molecule has 0 bridgehead atoms. The quantitative estimate of drug-likeness (QED) is 0.484. The number of esters is 1. The third-order valence-electron chi connectivity index (χ3n) is 2.63. The maximum Gasteiger partial charge on any atom is 0.305 e. The molecule has 1 rings (SSSR count). The van der Waals surface area contributed by atoms with Crippen molar-refractivity contribution in [1.82, 2.24) is 4.90 Å². The lowest BCUT2D eigenvalue weighted by Crippen LogP contribution is -2.37. The second-order valence-electron chi connectivity index (χ2n) is 3.65. The highest BCUT2D eigenvalue weighted by Crippen LogP contribution is 2.11. The van der Waals surface area contributed by atoms with Gasteiger partial charge in [-0.25, -0.2) is 0 Å². The SMILES string of the molecule is COC[C@H](CCC(=O)OC)N1CC=CC1. The average molecular weight is 213 g/mol. The summed E-state index contributed by atoms with van der Waals surface area (Å²) in [4.78, 5) is 13.3. The summed E-state index contributed by atoms with van der Waals surface area (Å²) < 4.78 is 9.79. The van der Waals surface area contributed by atoms with Crippen LogP contribution in [0.3, 0.4) is 0 Å². The minimum Gasteiger partial charge on any atom is -0.469 e. The van der Waals surface area contributed by atoms with Crippen LogP contribution in [0.4, 0.5) is 0 Å². The molecule has 0 spiro atoms. The van der Waals surface area contributed by atoms with E-state index in [0.29, 0.717) is 19.1 Å². The zero-order valence-corrected chi connectivity index (χ0v) is 9.44. The van der Waals surface area contributed by atoms with Crippen LogP contribution in [0.2, 0.25) is 0 Å². The van der Waals surface area contributed by atoms with Gasteiger partial charge in [0.2, 0.25) is 0 Å². The predicted molar refractivity (Wildman–Crippen MR) is 57.6 cm³/mol. The van der Waals surface area contributed by atoms with Crippen molar-refractivity contribution in [2.24, 2.45) is 0 Å². The lowest BCUT2D eigenvalue weighted by atomic mass is 10.1. The smallest absolute Gasteiger partial charge is 0.305 e. The minimum absolute atomic E-state index is 0.150. The average Bonchev–Trinajstić information content (AvgIpc) is 2.76. The van der Waals surface area contributed by atoms with Crippen LogP contribution in [0, 0.1) is 0 Å². The van der Waals surface area contributed by atoms with Crippen molar-refractivity contribution in [3.63, 3.8) is 0 Å². The van der Waals surface area contributed by atoms with Crippen LogP contribution < -0.4 is 0 Å². The van der Waals surface area contributed by atoms with Gasteiger partial charge >= 0.3 is 5.97 Å². The molecule has 1 heterocycles. The van der Waals surface area contributed by atoms with Gasteiger partial charge in [-0.3, -0.25) is 9.69 Å². The van der Waals surface area contributed by atoms with E-state index >= 15 is 0 Å². The van der Waals surface area contributed by atoms with Crippen LogP contribution in [-0.2, 0) is 14.3 Å². The minimum atomic E-state index is -0.150. The van der Waals surface area contributed by atoms with Crippen LogP contribution in [0.1, 0.15) is 12.8 Å². The highest BCUT2D eigenvalue weighted by molar-refractivity contribution is 5.69. The fraction of sp³-hybridized carbons (Fsp3) is 0.727. The largest absolute Gasteiger partial charge is 0.469 e. The number of carbonyl (C=O) groups excluding carboxylic acids is 1. The summed E-state index contributed by atoms with van der Waals surface area (Å²) in [5.41, 5.74) is 0. The second-order valence-corrected chi connectivity index (χ2v) is 3.65. The van der Waals surface area contributed by atoms with E-state index in [2.05, 4.69) is 21.8 Å². The molecule has 0 aromatic rings. The molecule has 4 nitrogen and oxygen atoms in total. The maximum atomic E-state index is 11.0. The predicted octanol–water partition coefficient (Wildman–Crippen LogP) is 0.826. The van der Waals surface area contributed by atoms with E-state index in [1.54, 1.807) is 7.11 Å². The second kappa shape index (κ2) is 6.58. The lowest BCUT2D eigenvalue weighted by Gasteiger charge is -2.26. The lowest BCUT2D eigenvalue weighted by molar-refractivity contribution is -0.141. The van der Waals surface area contributed by atoms with Gasteiger partial charge < -0.3 is 9.47 Å². The molecule has 0 radical (unpaired) electrons. The monoisotopic (exact) mass is 213 g/mol. The molecule has 0 fully saturated rings. The number of hydrogen-bond acceptors (Lipinski definition) is 4. The van der Waals surface area contributed by atoms with E-state index in [0.717, 1.165) is 19.5 Å². The van der Waals surface area contributed by atoms with Gasteiger partial charge in [-0.1, -0.05) is 12.2 Å². The molecular formula is C11H19NO3. The first-order valence-electron chi connectivity index (χ1n) is 5.22. The van der Waals surface area contributed by atoms with Gasteiger partial charge in [0.1, 0.15) is 0 Å². The summed E-state index contributed by atoms with van der Waals surface area (Å²) in [6.07, 6.45) is 5.53. The molecule has 86 valence electrons. The van der Waals surface area contributed by atoms with Crippen LogP contribution in [0.5, 0.6) is 0 Å². The summed E-state index contributed by atoms with van der Waals surface area (Å²) in [6, 6.07) is 0.309. The third-order valence-corrected chi connectivity index (χ3v) is 2.63. The van der Waals surface area contributed by atoms with Crippen LogP contribution in [-0.4, -0.2) is 50.8 Å². The Morgan fingerprint density at radius 3 is 2.60 bits per heavy atom. The van der Waals surface area contributed by atoms with E-state index in [1.807, 2.05) is 0 Å². The third kappa shape index (κ3) is 4.01. The summed E-state index contributed by atoms with van der Waals surface area (Å²) in [5.74, 6) is -0.150. The number of methoxy groups -OCH3 is 2. The fourth-order valence-electron chi connectivity index (χ4n) is 1.74.